The number of carboxylic acid groups (broad SMARTS) is 1. The van der Waals surface area contributed by atoms with E-state index >= 15 is 0 Å². The monoisotopic (exact) mass is 450 g/mol. The number of carbonyl (C=O) groups excluding carboxylic acids is 2. The molecule has 2 N–H and O–H groups in total. The second-order valence-electron chi connectivity index (χ2n) is 8.86. The number of amides is 2. The highest BCUT2D eigenvalue weighted by Crippen LogP contribution is 2.44. The highest BCUT2D eigenvalue weighted by molar-refractivity contribution is 5.89. The van der Waals surface area contributed by atoms with E-state index in [2.05, 4.69) is 17.4 Å². The van der Waals surface area contributed by atoms with Crippen LogP contribution in [0.25, 0.3) is 11.1 Å². The number of nitrogens with zero attached hydrogens (tertiary/aromatic N) is 1. The van der Waals surface area contributed by atoms with Gasteiger partial charge in [0.2, 0.25) is 5.91 Å². The van der Waals surface area contributed by atoms with E-state index in [0.717, 1.165) is 35.1 Å². The van der Waals surface area contributed by atoms with E-state index in [1.54, 1.807) is 6.92 Å². The maximum atomic E-state index is 13.1. The van der Waals surface area contributed by atoms with E-state index in [1.807, 2.05) is 43.3 Å². The molecular formula is C26H30N2O5. The quantitative estimate of drug-likeness (QED) is 0.693. The summed E-state index contributed by atoms with van der Waals surface area (Å²) in [4.78, 5) is 38.9. The van der Waals surface area contributed by atoms with Crippen LogP contribution in [0.1, 0.15) is 50.2 Å². The number of hydrogen-bond acceptors (Lipinski definition) is 4. The first kappa shape index (κ1) is 22.8. The number of likely N-dealkylation sites (tertiary alicyclic amines) is 1. The number of fused-ring (bicyclic) bond motifs is 3. The molecule has 3 unspecified atom stereocenters. The Hall–Kier alpha value is -3.35. The smallest absolute Gasteiger partial charge is 0.407 e. The van der Waals surface area contributed by atoms with Crippen LogP contribution in [0.3, 0.4) is 0 Å². The van der Waals surface area contributed by atoms with Gasteiger partial charge in [-0.05, 0) is 47.4 Å². The second kappa shape index (κ2) is 9.65. The first-order valence-electron chi connectivity index (χ1n) is 11.6. The van der Waals surface area contributed by atoms with E-state index in [-0.39, 0.29) is 24.3 Å². The van der Waals surface area contributed by atoms with Crippen molar-refractivity contribution in [3.63, 3.8) is 0 Å². The molecule has 2 aromatic rings. The third-order valence-corrected chi connectivity index (χ3v) is 6.81. The van der Waals surface area contributed by atoms with Gasteiger partial charge in [-0.25, -0.2) is 9.59 Å². The molecule has 7 nitrogen and oxygen atoms in total. The molecular weight excluding hydrogens is 420 g/mol. The molecule has 0 radical (unpaired) electrons. The average Bonchev–Trinajstić information content (AvgIpc) is 3.14. The summed E-state index contributed by atoms with van der Waals surface area (Å²) in [5.74, 6) is -1.58. The SMILES string of the molecule is CCC(NC(=O)OCC1c2ccccc2-c2ccccc21)C(=O)N1CCCC(C)C1C(=O)O. The largest absolute Gasteiger partial charge is 0.480 e. The highest BCUT2D eigenvalue weighted by Gasteiger charge is 2.39. The van der Waals surface area contributed by atoms with Gasteiger partial charge in [0, 0.05) is 12.5 Å². The fourth-order valence-electron chi connectivity index (χ4n) is 5.13. The van der Waals surface area contributed by atoms with E-state index in [9.17, 15) is 19.5 Å². The zero-order chi connectivity index (χ0) is 23.5. The third-order valence-electron chi connectivity index (χ3n) is 6.81. The molecule has 3 atom stereocenters. The summed E-state index contributed by atoms with van der Waals surface area (Å²) in [5, 5.41) is 12.3. The fourth-order valence-corrected chi connectivity index (χ4v) is 5.13. The lowest BCUT2D eigenvalue weighted by Crippen LogP contribution is -2.57. The summed E-state index contributed by atoms with van der Waals surface area (Å²) in [7, 11) is 0. The van der Waals surface area contributed by atoms with Crippen molar-refractivity contribution < 1.29 is 24.2 Å². The standard InChI is InChI=1S/C26H30N2O5/c1-3-22(24(29)28-14-8-9-16(2)23(28)25(30)31)27-26(32)33-15-21-19-12-6-4-10-17(19)18-11-5-7-13-20(18)21/h4-7,10-13,16,21-23H,3,8-9,14-15H2,1-2H3,(H,27,32)(H,30,31). The van der Waals surface area contributed by atoms with Crippen molar-refractivity contribution >= 4 is 18.0 Å². The predicted molar refractivity (Wildman–Crippen MR) is 124 cm³/mol. The third kappa shape index (κ3) is 4.45. The summed E-state index contributed by atoms with van der Waals surface area (Å²) in [6.45, 7) is 4.17. The molecule has 7 heteroatoms. The molecule has 33 heavy (non-hydrogen) atoms. The van der Waals surface area contributed by atoms with Gasteiger partial charge in [-0.15, -0.1) is 0 Å². The number of ether oxygens (including phenoxy) is 1. The number of carboxylic acids is 1. The van der Waals surface area contributed by atoms with E-state index in [1.165, 1.54) is 4.90 Å². The number of rotatable bonds is 6. The Kier molecular flexibility index (Phi) is 6.67. The zero-order valence-corrected chi connectivity index (χ0v) is 19.0. The van der Waals surface area contributed by atoms with Crippen LogP contribution < -0.4 is 5.32 Å². The lowest BCUT2D eigenvalue weighted by molar-refractivity contribution is -0.155. The minimum atomic E-state index is -1.01. The van der Waals surface area contributed by atoms with E-state index < -0.39 is 24.1 Å². The predicted octanol–water partition coefficient (Wildman–Crippen LogP) is 4.02. The minimum Gasteiger partial charge on any atom is -0.480 e. The van der Waals surface area contributed by atoms with Crippen molar-refractivity contribution in [1.29, 1.82) is 0 Å². The van der Waals surface area contributed by atoms with Gasteiger partial charge in [0.25, 0.3) is 0 Å². The van der Waals surface area contributed by atoms with Crippen LogP contribution in [-0.4, -0.2) is 53.2 Å². The van der Waals surface area contributed by atoms with Gasteiger partial charge in [0.15, 0.2) is 0 Å². The van der Waals surface area contributed by atoms with Crippen molar-refractivity contribution in [2.24, 2.45) is 5.92 Å². The van der Waals surface area contributed by atoms with Gasteiger partial charge in [-0.3, -0.25) is 4.79 Å². The molecule has 1 fully saturated rings. The molecule has 0 aromatic heterocycles. The maximum Gasteiger partial charge on any atom is 0.407 e. The lowest BCUT2D eigenvalue weighted by atomic mass is 9.90. The molecule has 1 aliphatic heterocycles. The normalized spacial score (nSPS) is 20.5. The molecule has 0 bridgehead atoms. The Morgan fingerprint density at radius 1 is 1.09 bits per heavy atom. The Morgan fingerprint density at radius 3 is 2.27 bits per heavy atom. The molecule has 0 saturated carbocycles. The average molecular weight is 451 g/mol. The molecule has 174 valence electrons. The van der Waals surface area contributed by atoms with Crippen LogP contribution in [0.2, 0.25) is 0 Å². The van der Waals surface area contributed by atoms with Gasteiger partial charge in [0.1, 0.15) is 18.7 Å². The Bertz CT molecular complexity index is 1010. The van der Waals surface area contributed by atoms with Gasteiger partial charge in [-0.1, -0.05) is 62.4 Å². The number of piperidine rings is 1. The fraction of sp³-hybridized carbons (Fsp3) is 0.423. The molecule has 4 rings (SSSR count). The highest BCUT2D eigenvalue weighted by atomic mass is 16.5. The van der Waals surface area contributed by atoms with Crippen molar-refractivity contribution in [2.45, 2.75) is 51.1 Å². The minimum absolute atomic E-state index is 0.0711. The summed E-state index contributed by atoms with van der Waals surface area (Å²) < 4.78 is 5.57. The number of benzene rings is 2. The number of aliphatic carboxylic acids is 1. The molecule has 2 aromatic carbocycles. The van der Waals surface area contributed by atoms with Crippen LogP contribution in [-0.2, 0) is 14.3 Å². The zero-order valence-electron chi connectivity index (χ0n) is 19.0. The van der Waals surface area contributed by atoms with Crippen LogP contribution >= 0.6 is 0 Å². The Labute approximate surface area is 193 Å². The van der Waals surface area contributed by atoms with Crippen molar-refractivity contribution in [3.05, 3.63) is 59.7 Å². The van der Waals surface area contributed by atoms with Gasteiger partial charge < -0.3 is 20.1 Å². The number of hydrogen-bond donors (Lipinski definition) is 2. The summed E-state index contributed by atoms with van der Waals surface area (Å²) in [6, 6.07) is 14.5. The molecule has 2 aliphatic rings. The molecule has 0 spiro atoms. The topological polar surface area (TPSA) is 95.9 Å². The van der Waals surface area contributed by atoms with Crippen LogP contribution in [0.5, 0.6) is 0 Å². The summed E-state index contributed by atoms with van der Waals surface area (Å²) in [5.41, 5.74) is 4.51. The number of alkyl carbamates (subject to hydrolysis) is 1. The summed E-state index contributed by atoms with van der Waals surface area (Å²) in [6.07, 6.45) is 1.18. The number of nitrogens with one attached hydrogen (secondary N) is 1. The van der Waals surface area contributed by atoms with Crippen LogP contribution in [0.4, 0.5) is 4.79 Å². The van der Waals surface area contributed by atoms with Gasteiger partial charge in [0.05, 0.1) is 0 Å². The van der Waals surface area contributed by atoms with Crippen molar-refractivity contribution in [1.82, 2.24) is 10.2 Å². The molecule has 1 heterocycles. The second-order valence-corrected chi connectivity index (χ2v) is 8.86. The van der Waals surface area contributed by atoms with E-state index in [4.69, 9.17) is 4.74 Å². The molecule has 1 saturated heterocycles. The first-order chi connectivity index (χ1) is 15.9. The molecule has 2 amide bonds. The lowest BCUT2D eigenvalue weighted by Gasteiger charge is -2.39. The maximum absolute atomic E-state index is 13.1. The van der Waals surface area contributed by atoms with Crippen molar-refractivity contribution in [3.8, 4) is 11.1 Å². The summed E-state index contributed by atoms with van der Waals surface area (Å²) >= 11 is 0. The van der Waals surface area contributed by atoms with Crippen LogP contribution in [0.15, 0.2) is 48.5 Å². The van der Waals surface area contributed by atoms with Crippen molar-refractivity contribution in [2.75, 3.05) is 13.2 Å². The Balaban J connectivity index is 1.42. The first-order valence-corrected chi connectivity index (χ1v) is 11.6. The molecule has 1 aliphatic carbocycles. The number of carbonyl (C=O) groups is 3. The van der Waals surface area contributed by atoms with Gasteiger partial charge in [-0.2, -0.15) is 0 Å². The Morgan fingerprint density at radius 2 is 1.70 bits per heavy atom. The van der Waals surface area contributed by atoms with E-state index in [0.29, 0.717) is 13.0 Å². The van der Waals surface area contributed by atoms with Crippen LogP contribution in [0, 0.1) is 5.92 Å². The van der Waals surface area contributed by atoms with Gasteiger partial charge >= 0.3 is 12.1 Å².